The van der Waals surface area contributed by atoms with E-state index in [1.54, 1.807) is 6.08 Å². The molecule has 3 N–H and O–H groups in total. The molecule has 0 aliphatic carbocycles. The molecule has 4 heteroatoms. The maximum absolute atomic E-state index is 12.4. The van der Waals surface area contributed by atoms with Crippen LogP contribution >= 0.6 is 0 Å². The predicted octanol–water partition coefficient (Wildman–Crippen LogP) is 17.1. The Kier molecular flexibility index (Phi) is 49.3. The van der Waals surface area contributed by atoms with E-state index in [1.165, 1.54) is 205 Å². The third-order valence-corrected chi connectivity index (χ3v) is 12.0. The van der Waals surface area contributed by atoms with Gasteiger partial charge in [0.1, 0.15) is 0 Å². The summed E-state index contributed by atoms with van der Waals surface area (Å²) in [4.78, 5) is 12.4. The first-order valence-electron chi connectivity index (χ1n) is 26.4. The molecule has 0 saturated carbocycles. The number of rotatable bonds is 48. The quantitative estimate of drug-likeness (QED) is 0.0423. The summed E-state index contributed by atoms with van der Waals surface area (Å²) >= 11 is 0. The lowest BCUT2D eigenvalue weighted by Crippen LogP contribution is -2.45. The van der Waals surface area contributed by atoms with Gasteiger partial charge in [0.15, 0.2) is 0 Å². The van der Waals surface area contributed by atoms with E-state index in [4.69, 9.17) is 0 Å². The van der Waals surface area contributed by atoms with E-state index in [9.17, 15) is 15.0 Å². The van der Waals surface area contributed by atoms with Gasteiger partial charge in [0.2, 0.25) is 5.91 Å². The zero-order chi connectivity index (χ0) is 42.8. The van der Waals surface area contributed by atoms with Crippen molar-refractivity contribution in [3.8, 4) is 0 Å². The van der Waals surface area contributed by atoms with E-state index in [2.05, 4.69) is 55.6 Å². The molecule has 0 radical (unpaired) electrons. The van der Waals surface area contributed by atoms with Gasteiger partial charge in [0.05, 0.1) is 18.8 Å². The van der Waals surface area contributed by atoms with Crippen LogP contribution in [0.25, 0.3) is 0 Å². The lowest BCUT2D eigenvalue weighted by molar-refractivity contribution is -0.123. The number of allylic oxidation sites excluding steroid dienone is 7. The molecule has 4 nitrogen and oxygen atoms in total. The Balaban J connectivity index is 3.52. The molecule has 346 valence electrons. The van der Waals surface area contributed by atoms with E-state index in [-0.39, 0.29) is 12.5 Å². The zero-order valence-corrected chi connectivity index (χ0v) is 39.8. The molecule has 0 heterocycles. The lowest BCUT2D eigenvalue weighted by atomic mass is 10.0. The second-order valence-corrected chi connectivity index (χ2v) is 17.9. The van der Waals surface area contributed by atoms with Crippen molar-refractivity contribution in [1.82, 2.24) is 5.32 Å². The Morgan fingerprint density at radius 1 is 0.407 bits per heavy atom. The molecule has 0 bridgehead atoms. The number of hydrogen-bond acceptors (Lipinski definition) is 3. The summed E-state index contributed by atoms with van der Waals surface area (Å²) in [6.45, 7) is 4.29. The number of aliphatic hydroxyl groups excluding tert-OH is 2. The fourth-order valence-corrected chi connectivity index (χ4v) is 7.99. The third kappa shape index (κ3) is 47.3. The SMILES string of the molecule is CCCCCC/C=C\C/C=C\CCCCCCCC(=O)NC(CO)C(O)/C=C/CC/C=C/CCCCCCCCCCCCCCCCCCCCCCCCCCC. The lowest BCUT2D eigenvalue weighted by Gasteiger charge is -2.19. The first-order chi connectivity index (χ1) is 29.2. The number of amides is 1. The van der Waals surface area contributed by atoms with Gasteiger partial charge in [0, 0.05) is 6.42 Å². The zero-order valence-electron chi connectivity index (χ0n) is 39.8. The molecular formula is C55H103NO3. The summed E-state index contributed by atoms with van der Waals surface area (Å²) in [7, 11) is 0. The van der Waals surface area contributed by atoms with Crippen LogP contribution in [-0.4, -0.2) is 34.9 Å². The first-order valence-corrected chi connectivity index (χ1v) is 26.4. The summed E-state index contributed by atoms with van der Waals surface area (Å²) in [6, 6.07) is -0.648. The van der Waals surface area contributed by atoms with Crippen LogP contribution < -0.4 is 5.32 Å². The molecule has 0 fully saturated rings. The van der Waals surface area contributed by atoms with Crippen molar-refractivity contribution in [2.24, 2.45) is 0 Å². The van der Waals surface area contributed by atoms with Gasteiger partial charge in [-0.05, 0) is 64.2 Å². The van der Waals surface area contributed by atoms with Gasteiger partial charge in [0.25, 0.3) is 0 Å². The Hall–Kier alpha value is -1.65. The van der Waals surface area contributed by atoms with Crippen LogP contribution in [0.15, 0.2) is 48.6 Å². The predicted molar refractivity (Wildman–Crippen MR) is 262 cm³/mol. The molecule has 0 aliphatic heterocycles. The molecule has 0 aliphatic rings. The average molecular weight is 826 g/mol. The average Bonchev–Trinajstić information content (AvgIpc) is 3.24. The molecule has 2 unspecified atom stereocenters. The number of nitrogens with one attached hydrogen (secondary N) is 1. The van der Waals surface area contributed by atoms with Gasteiger partial charge in [-0.3, -0.25) is 4.79 Å². The van der Waals surface area contributed by atoms with Gasteiger partial charge in [-0.25, -0.2) is 0 Å². The van der Waals surface area contributed by atoms with Crippen molar-refractivity contribution in [3.63, 3.8) is 0 Å². The van der Waals surface area contributed by atoms with Crippen molar-refractivity contribution >= 4 is 5.91 Å². The second kappa shape index (κ2) is 50.7. The molecule has 2 atom stereocenters. The fourth-order valence-electron chi connectivity index (χ4n) is 7.99. The molecule has 0 aromatic carbocycles. The van der Waals surface area contributed by atoms with Crippen LogP contribution in [0.4, 0.5) is 0 Å². The summed E-state index contributed by atoms with van der Waals surface area (Å²) in [5.74, 6) is -0.0864. The Labute approximate surface area is 369 Å². The second-order valence-electron chi connectivity index (χ2n) is 17.9. The minimum absolute atomic E-state index is 0.0864. The minimum atomic E-state index is -0.870. The molecule has 0 aromatic rings. The van der Waals surface area contributed by atoms with Gasteiger partial charge < -0.3 is 15.5 Å². The maximum atomic E-state index is 12.4. The number of carbonyl (C=O) groups is 1. The van der Waals surface area contributed by atoms with Crippen LogP contribution in [0, 0.1) is 0 Å². The van der Waals surface area contributed by atoms with E-state index >= 15 is 0 Å². The summed E-state index contributed by atoms with van der Waals surface area (Å²) in [6.07, 6.45) is 69.8. The van der Waals surface area contributed by atoms with Crippen molar-refractivity contribution in [1.29, 1.82) is 0 Å². The Morgan fingerprint density at radius 3 is 1.10 bits per heavy atom. The molecule has 0 saturated heterocycles. The van der Waals surface area contributed by atoms with E-state index in [1.807, 2.05) is 6.08 Å². The smallest absolute Gasteiger partial charge is 0.220 e. The Bertz CT molecular complexity index is 939. The van der Waals surface area contributed by atoms with Gasteiger partial charge in [-0.2, -0.15) is 0 Å². The van der Waals surface area contributed by atoms with Crippen LogP contribution in [0.3, 0.4) is 0 Å². The Morgan fingerprint density at radius 2 is 0.712 bits per heavy atom. The van der Waals surface area contributed by atoms with Crippen molar-refractivity contribution in [3.05, 3.63) is 48.6 Å². The molecule has 59 heavy (non-hydrogen) atoms. The van der Waals surface area contributed by atoms with Crippen LogP contribution in [0.2, 0.25) is 0 Å². The highest BCUT2D eigenvalue weighted by Crippen LogP contribution is 2.16. The summed E-state index contributed by atoms with van der Waals surface area (Å²) in [5.41, 5.74) is 0. The molecular weight excluding hydrogens is 723 g/mol. The molecule has 0 rings (SSSR count). The number of hydrogen-bond donors (Lipinski definition) is 3. The van der Waals surface area contributed by atoms with Gasteiger partial charge >= 0.3 is 0 Å². The van der Waals surface area contributed by atoms with E-state index in [0.29, 0.717) is 6.42 Å². The summed E-state index contributed by atoms with van der Waals surface area (Å²) < 4.78 is 0. The topological polar surface area (TPSA) is 69.6 Å². The largest absolute Gasteiger partial charge is 0.394 e. The van der Waals surface area contributed by atoms with Gasteiger partial charge in [-0.15, -0.1) is 0 Å². The molecule has 1 amide bonds. The highest BCUT2D eigenvalue weighted by Gasteiger charge is 2.17. The number of unbranched alkanes of at least 4 members (excludes halogenated alkanes) is 35. The highest BCUT2D eigenvalue weighted by atomic mass is 16.3. The van der Waals surface area contributed by atoms with Gasteiger partial charge in [-0.1, -0.05) is 255 Å². The van der Waals surface area contributed by atoms with Crippen LogP contribution in [0.5, 0.6) is 0 Å². The van der Waals surface area contributed by atoms with Crippen LogP contribution in [-0.2, 0) is 4.79 Å². The maximum Gasteiger partial charge on any atom is 0.220 e. The van der Waals surface area contributed by atoms with Crippen molar-refractivity contribution < 1.29 is 15.0 Å². The monoisotopic (exact) mass is 826 g/mol. The number of carbonyl (C=O) groups excluding carboxylic acids is 1. The highest BCUT2D eigenvalue weighted by molar-refractivity contribution is 5.76. The summed E-state index contributed by atoms with van der Waals surface area (Å²) in [5, 5.41) is 23.1. The molecule has 0 aromatic heterocycles. The van der Waals surface area contributed by atoms with Crippen molar-refractivity contribution in [2.75, 3.05) is 6.61 Å². The number of aliphatic hydroxyl groups is 2. The fraction of sp³-hybridized carbons (Fsp3) is 0.836. The normalized spacial score (nSPS) is 13.2. The third-order valence-electron chi connectivity index (χ3n) is 12.0. The van der Waals surface area contributed by atoms with E-state index < -0.39 is 12.1 Å². The molecule has 0 spiro atoms. The minimum Gasteiger partial charge on any atom is -0.394 e. The van der Waals surface area contributed by atoms with Crippen LogP contribution in [0.1, 0.15) is 277 Å². The van der Waals surface area contributed by atoms with E-state index in [0.717, 1.165) is 51.4 Å². The first kappa shape index (κ1) is 57.3. The van der Waals surface area contributed by atoms with Crippen molar-refractivity contribution in [2.45, 2.75) is 289 Å². The standard InChI is InChI=1S/C55H103NO3/c1-3-5-7-9-11-13-15-17-19-21-22-23-24-25-26-27-28-29-30-31-32-33-34-35-36-38-40-42-44-46-48-50-54(58)53(52-57)56-55(59)51-49-47-45-43-41-39-37-20-18-16-14-12-10-8-6-4-2/h14,16,20,37,40,42,48,50,53-54,57-58H,3-13,15,17-19,21-36,38-39,41,43-47,49,51-52H2,1-2H3,(H,56,59)/b16-14-,37-20-,42-40+,50-48+.